The molecule has 3 aromatic rings. The first-order chi connectivity index (χ1) is 18.1. The Morgan fingerprint density at radius 1 is 0.676 bits per heavy atom. The standard InChI is InChI=1S/C30H34O7/c1-30(31-2)36-28-27(34-20-24-16-10-5-11-17-24)26(33-19-23-14-8-4-9-15-23)25(35-29(28)37-30)21-32-18-22-12-6-3-7-13-22/h3-17,25-29H,18-21H2,1-2H3/t25?,26?,27?,28?,29?,30-/m1/s1. The Morgan fingerprint density at radius 2 is 1.19 bits per heavy atom. The topological polar surface area (TPSA) is 64.6 Å². The van der Waals surface area contributed by atoms with Crippen LogP contribution in [0.4, 0.5) is 0 Å². The average molecular weight is 507 g/mol. The molecule has 0 aliphatic carbocycles. The molecule has 0 radical (unpaired) electrons. The minimum atomic E-state index is -1.24. The molecule has 0 spiro atoms. The van der Waals surface area contributed by atoms with Gasteiger partial charge in [0.05, 0.1) is 26.4 Å². The lowest BCUT2D eigenvalue weighted by Gasteiger charge is -2.42. The summed E-state index contributed by atoms with van der Waals surface area (Å²) in [4.78, 5) is 0. The maximum atomic E-state index is 6.50. The molecule has 2 aliphatic rings. The van der Waals surface area contributed by atoms with Crippen LogP contribution in [0.3, 0.4) is 0 Å². The maximum Gasteiger partial charge on any atom is 0.282 e. The van der Waals surface area contributed by atoms with Crippen molar-refractivity contribution in [3.05, 3.63) is 108 Å². The van der Waals surface area contributed by atoms with Gasteiger partial charge in [0.15, 0.2) is 6.29 Å². The second kappa shape index (κ2) is 12.3. The second-order valence-electron chi connectivity index (χ2n) is 9.33. The fourth-order valence-corrected chi connectivity index (χ4v) is 4.61. The van der Waals surface area contributed by atoms with Crippen LogP contribution in [-0.2, 0) is 53.0 Å². The number of rotatable bonds is 11. The third-order valence-electron chi connectivity index (χ3n) is 6.61. The Morgan fingerprint density at radius 3 is 1.73 bits per heavy atom. The molecule has 3 aromatic carbocycles. The van der Waals surface area contributed by atoms with Crippen molar-refractivity contribution < 1.29 is 33.2 Å². The van der Waals surface area contributed by atoms with Crippen LogP contribution in [0.25, 0.3) is 0 Å². The fourth-order valence-electron chi connectivity index (χ4n) is 4.61. The molecule has 5 rings (SSSR count). The number of ether oxygens (including phenoxy) is 7. The van der Waals surface area contributed by atoms with Crippen LogP contribution >= 0.6 is 0 Å². The van der Waals surface area contributed by atoms with Gasteiger partial charge >= 0.3 is 0 Å². The van der Waals surface area contributed by atoms with Gasteiger partial charge in [0, 0.05) is 14.0 Å². The summed E-state index contributed by atoms with van der Waals surface area (Å²) < 4.78 is 43.2. The van der Waals surface area contributed by atoms with E-state index >= 15 is 0 Å². The number of benzene rings is 3. The Bertz CT molecular complexity index is 1080. The van der Waals surface area contributed by atoms with E-state index in [1.807, 2.05) is 91.0 Å². The zero-order valence-electron chi connectivity index (χ0n) is 21.2. The summed E-state index contributed by atoms with van der Waals surface area (Å²) in [5, 5.41) is 0. The lowest BCUT2D eigenvalue weighted by molar-refractivity contribution is -0.334. The average Bonchev–Trinajstić information content (AvgIpc) is 3.29. The zero-order valence-corrected chi connectivity index (χ0v) is 21.2. The molecular weight excluding hydrogens is 472 g/mol. The van der Waals surface area contributed by atoms with Gasteiger partial charge in [0.2, 0.25) is 0 Å². The van der Waals surface area contributed by atoms with Crippen molar-refractivity contribution in [3.63, 3.8) is 0 Å². The number of hydrogen-bond acceptors (Lipinski definition) is 7. The highest BCUT2D eigenvalue weighted by atomic mass is 16.9. The van der Waals surface area contributed by atoms with Gasteiger partial charge in [-0.05, 0) is 16.7 Å². The summed E-state index contributed by atoms with van der Waals surface area (Å²) in [5.74, 6) is -1.24. The van der Waals surface area contributed by atoms with E-state index in [-0.39, 0.29) is 0 Å². The van der Waals surface area contributed by atoms with Gasteiger partial charge in [-0.1, -0.05) is 91.0 Å². The number of fused-ring (bicyclic) bond motifs is 1. The SMILES string of the molecule is CO[C@@]1(C)OC2OC(COCc3ccccc3)C(OCc3ccccc3)C(OCc3ccccc3)C2O1. The van der Waals surface area contributed by atoms with Crippen molar-refractivity contribution in [2.45, 2.75) is 63.4 Å². The monoisotopic (exact) mass is 506 g/mol. The molecule has 2 fully saturated rings. The first-order valence-corrected chi connectivity index (χ1v) is 12.6. The quantitative estimate of drug-likeness (QED) is 0.369. The van der Waals surface area contributed by atoms with E-state index < -0.39 is 36.7 Å². The normalized spacial score (nSPS) is 29.2. The van der Waals surface area contributed by atoms with E-state index in [4.69, 9.17) is 33.2 Å². The smallest absolute Gasteiger partial charge is 0.282 e. The van der Waals surface area contributed by atoms with Crippen LogP contribution in [0.15, 0.2) is 91.0 Å². The van der Waals surface area contributed by atoms with Gasteiger partial charge in [-0.15, -0.1) is 0 Å². The lowest BCUT2D eigenvalue weighted by atomic mass is 9.98. The lowest BCUT2D eigenvalue weighted by Crippen LogP contribution is -2.59. The molecule has 0 aromatic heterocycles. The highest BCUT2D eigenvalue weighted by Gasteiger charge is 2.57. The van der Waals surface area contributed by atoms with E-state index in [1.54, 1.807) is 14.0 Å². The second-order valence-corrected chi connectivity index (χ2v) is 9.33. The summed E-state index contributed by atoms with van der Waals surface area (Å²) in [6, 6.07) is 30.1. The van der Waals surface area contributed by atoms with Crippen LogP contribution in [0, 0.1) is 0 Å². The fraction of sp³-hybridized carbons (Fsp3) is 0.400. The molecule has 0 saturated carbocycles. The molecule has 7 nitrogen and oxygen atoms in total. The molecule has 2 aliphatic heterocycles. The van der Waals surface area contributed by atoms with E-state index in [2.05, 4.69) is 0 Å². The van der Waals surface area contributed by atoms with Crippen LogP contribution in [0.2, 0.25) is 0 Å². The van der Waals surface area contributed by atoms with E-state index in [9.17, 15) is 0 Å². The van der Waals surface area contributed by atoms with Gasteiger partial charge in [-0.3, -0.25) is 4.74 Å². The van der Waals surface area contributed by atoms with E-state index in [1.165, 1.54) is 0 Å². The largest absolute Gasteiger partial charge is 0.374 e. The van der Waals surface area contributed by atoms with Crippen molar-refractivity contribution in [1.82, 2.24) is 0 Å². The molecule has 7 heteroatoms. The van der Waals surface area contributed by atoms with Crippen molar-refractivity contribution in [2.75, 3.05) is 13.7 Å². The van der Waals surface area contributed by atoms with Crippen LogP contribution in [-0.4, -0.2) is 50.4 Å². The van der Waals surface area contributed by atoms with Crippen molar-refractivity contribution in [2.24, 2.45) is 0 Å². The summed E-state index contributed by atoms with van der Waals surface area (Å²) in [7, 11) is 1.54. The van der Waals surface area contributed by atoms with Gasteiger partial charge < -0.3 is 28.4 Å². The predicted molar refractivity (Wildman–Crippen MR) is 136 cm³/mol. The van der Waals surface area contributed by atoms with Crippen molar-refractivity contribution in [1.29, 1.82) is 0 Å². The summed E-state index contributed by atoms with van der Waals surface area (Å²) in [6.07, 6.45) is -2.63. The van der Waals surface area contributed by atoms with E-state index in [0.717, 1.165) is 16.7 Å². The summed E-state index contributed by atoms with van der Waals surface area (Å²) >= 11 is 0. The molecule has 2 heterocycles. The van der Waals surface area contributed by atoms with Gasteiger partial charge in [0.1, 0.15) is 24.4 Å². The predicted octanol–water partition coefficient (Wildman–Crippen LogP) is 4.83. The molecule has 37 heavy (non-hydrogen) atoms. The molecule has 0 N–H and O–H groups in total. The van der Waals surface area contributed by atoms with Crippen molar-refractivity contribution >= 4 is 0 Å². The van der Waals surface area contributed by atoms with Crippen LogP contribution < -0.4 is 0 Å². The molecule has 2 saturated heterocycles. The van der Waals surface area contributed by atoms with Crippen LogP contribution in [0.1, 0.15) is 23.6 Å². The van der Waals surface area contributed by atoms with Gasteiger partial charge in [-0.25, -0.2) is 0 Å². The summed E-state index contributed by atoms with van der Waals surface area (Å²) in [6.45, 7) is 3.28. The summed E-state index contributed by atoms with van der Waals surface area (Å²) in [5.41, 5.74) is 3.19. The highest BCUT2D eigenvalue weighted by molar-refractivity contribution is 5.15. The molecule has 6 atom stereocenters. The zero-order chi connectivity index (χ0) is 25.5. The Balaban J connectivity index is 1.36. The Labute approximate surface area is 218 Å². The first kappa shape index (κ1) is 26.0. The molecule has 196 valence electrons. The molecule has 0 amide bonds. The minimum absolute atomic E-state index is 0.301. The molecule has 0 bridgehead atoms. The maximum absolute atomic E-state index is 6.50. The Kier molecular flexibility index (Phi) is 8.63. The first-order valence-electron chi connectivity index (χ1n) is 12.6. The number of hydrogen-bond donors (Lipinski definition) is 0. The molecule has 5 unspecified atom stereocenters. The van der Waals surface area contributed by atoms with Gasteiger partial charge in [-0.2, -0.15) is 0 Å². The van der Waals surface area contributed by atoms with Crippen molar-refractivity contribution in [3.8, 4) is 0 Å². The minimum Gasteiger partial charge on any atom is -0.374 e. The van der Waals surface area contributed by atoms with Crippen LogP contribution in [0.5, 0.6) is 0 Å². The third-order valence-corrected chi connectivity index (χ3v) is 6.61. The van der Waals surface area contributed by atoms with Gasteiger partial charge in [0.25, 0.3) is 5.97 Å². The Hall–Kier alpha value is -2.62. The number of methoxy groups -OCH3 is 1. The third kappa shape index (κ3) is 6.64. The van der Waals surface area contributed by atoms with E-state index in [0.29, 0.717) is 26.4 Å². The highest BCUT2D eigenvalue weighted by Crippen LogP contribution is 2.39. The molecular formula is C30H34O7.